The number of nitrogens with one attached hydrogen (secondary N) is 10. The predicted octanol–water partition coefficient (Wildman–Crippen LogP) is 0.139. The number of amides is 11. The zero-order valence-corrected chi connectivity index (χ0v) is 51.3. The smallest absolute Gasteiger partial charge is 0.270 e. The number of hydrogen-bond acceptors (Lipinski definition) is 14. The van der Waals surface area contributed by atoms with Crippen LogP contribution in [0.5, 0.6) is 0 Å². The Labute approximate surface area is 500 Å². The molecular weight excluding hydrogens is 1100 g/mol. The van der Waals surface area contributed by atoms with Gasteiger partial charge in [-0.2, -0.15) is 0 Å². The van der Waals surface area contributed by atoms with E-state index in [9.17, 15) is 68.1 Å². The van der Waals surface area contributed by atoms with Crippen LogP contribution in [0.2, 0.25) is 0 Å². The maximum absolute atomic E-state index is 14.6. The Morgan fingerprint density at radius 3 is 1.62 bits per heavy atom. The molecule has 0 radical (unpaired) electrons. The van der Waals surface area contributed by atoms with Crippen LogP contribution in [0.1, 0.15) is 152 Å². The minimum atomic E-state index is -1.52. The quantitative estimate of drug-likeness (QED) is 0.0687. The van der Waals surface area contributed by atoms with Gasteiger partial charge in [-0.3, -0.25) is 52.7 Å². The van der Waals surface area contributed by atoms with Gasteiger partial charge in [0.2, 0.25) is 59.1 Å². The SMILES string of the molecule is C/C=C1/NC(=O)[C@H](CCO)NC(=O)C[C@H](CCCCC)NC(=O)CNC(=O)[C@H](CC(C)C)NC(=O)[C@@H]([C@@H](C)CC)NC(=O)[C@H]([C@@H](C)CC)NC(=O)[C@@H](CC(C)C)NC(=O)[C@@H](Cc2ccccc2)NC(=O)[C@H](CCO)NC(=O)[C@@H]2C[C@@H](O)CN2C1=O. The molecular formula is C60H97N11O14. The molecule has 25 nitrogen and oxygen atoms in total. The van der Waals surface area contributed by atoms with E-state index in [1.54, 1.807) is 44.2 Å². The lowest BCUT2D eigenvalue weighted by Gasteiger charge is -2.31. The summed E-state index contributed by atoms with van der Waals surface area (Å²) in [5, 5.41) is 57.9. The molecule has 476 valence electrons. The highest BCUT2D eigenvalue weighted by molar-refractivity contribution is 6.02. The van der Waals surface area contributed by atoms with Crippen LogP contribution < -0.4 is 53.2 Å². The number of carbonyl (C=O) groups is 11. The first kappa shape index (κ1) is 72.3. The number of carbonyl (C=O) groups excluding carboxylic acids is 11. The third-order valence-corrected chi connectivity index (χ3v) is 15.3. The van der Waals surface area contributed by atoms with Gasteiger partial charge in [0, 0.05) is 45.1 Å². The second kappa shape index (κ2) is 36.8. The van der Waals surface area contributed by atoms with E-state index < -0.39 is 157 Å². The zero-order chi connectivity index (χ0) is 63.5. The highest BCUT2D eigenvalue weighted by Crippen LogP contribution is 2.22. The lowest BCUT2D eigenvalue weighted by atomic mass is 9.93. The number of aliphatic hydroxyl groups excluding tert-OH is 3. The highest BCUT2D eigenvalue weighted by atomic mass is 16.3. The van der Waals surface area contributed by atoms with Gasteiger partial charge in [0.25, 0.3) is 5.91 Å². The minimum absolute atomic E-state index is 0.0703. The molecule has 25 heteroatoms. The lowest BCUT2D eigenvalue weighted by molar-refractivity contribution is -0.139. The van der Waals surface area contributed by atoms with Crippen molar-refractivity contribution in [3.63, 3.8) is 0 Å². The molecule has 12 atom stereocenters. The molecule has 85 heavy (non-hydrogen) atoms. The maximum atomic E-state index is 14.6. The lowest BCUT2D eigenvalue weighted by Crippen LogP contribution is -2.62. The third-order valence-electron chi connectivity index (χ3n) is 15.3. The molecule has 2 fully saturated rings. The summed E-state index contributed by atoms with van der Waals surface area (Å²) >= 11 is 0. The first-order valence-corrected chi connectivity index (χ1v) is 30.2. The fraction of sp³-hybridized carbons (Fsp3) is 0.683. The van der Waals surface area contributed by atoms with Crippen LogP contribution in [0.15, 0.2) is 42.1 Å². The van der Waals surface area contributed by atoms with Crippen LogP contribution in [0.3, 0.4) is 0 Å². The second-order valence-corrected chi connectivity index (χ2v) is 23.3. The van der Waals surface area contributed by atoms with Gasteiger partial charge in [0.05, 0.1) is 12.6 Å². The Hall–Kier alpha value is -6.99. The van der Waals surface area contributed by atoms with Crippen molar-refractivity contribution in [2.24, 2.45) is 23.7 Å². The van der Waals surface area contributed by atoms with Crippen molar-refractivity contribution in [3.8, 4) is 0 Å². The van der Waals surface area contributed by atoms with Gasteiger partial charge in [-0.05, 0) is 68.3 Å². The molecule has 2 aliphatic rings. The summed E-state index contributed by atoms with van der Waals surface area (Å²) in [5.74, 6) is -10.0. The first-order valence-electron chi connectivity index (χ1n) is 30.2. The van der Waals surface area contributed by atoms with Crippen LogP contribution >= 0.6 is 0 Å². The number of allylic oxidation sites excluding steroid dienone is 1. The molecule has 0 aromatic heterocycles. The molecule has 0 bridgehead atoms. The number of benzene rings is 1. The molecule has 0 aliphatic carbocycles. The van der Waals surface area contributed by atoms with Crippen molar-refractivity contribution in [1.29, 1.82) is 0 Å². The fourth-order valence-electron chi connectivity index (χ4n) is 10.1. The fourth-order valence-corrected chi connectivity index (χ4v) is 10.1. The van der Waals surface area contributed by atoms with Gasteiger partial charge >= 0.3 is 0 Å². The van der Waals surface area contributed by atoms with E-state index in [1.165, 1.54) is 13.0 Å². The molecule has 11 amide bonds. The van der Waals surface area contributed by atoms with E-state index in [1.807, 2.05) is 48.5 Å². The largest absolute Gasteiger partial charge is 0.396 e. The van der Waals surface area contributed by atoms with Gasteiger partial charge in [-0.25, -0.2) is 0 Å². The topological polar surface area (TPSA) is 372 Å². The van der Waals surface area contributed by atoms with Gasteiger partial charge in [-0.15, -0.1) is 0 Å². The number of nitrogens with zero attached hydrogens (tertiary/aromatic N) is 1. The summed E-state index contributed by atoms with van der Waals surface area (Å²) < 4.78 is 0. The standard InChI is InChI=1S/C60H97N11O14/c1-11-15-17-22-39-30-48(75)63-42(23-25-72)53(78)64-41(14-4)60(85)71-33-40(74)31-47(71)57(82)65-43(24-26-73)54(79)67-46(29-38-20-18-16-19-21-38)55(80)66-45(28-35(7)8)56(81)69-51(37(10)13-3)59(84)70-50(36(9)12-2)58(83)68-44(27-34(5)6)52(77)61-32-49(76)62-39/h14,16,18-21,34-37,39-40,42-47,50-51,72-74H,11-13,15,17,22-33H2,1-10H3,(H,61,77)(H,62,76)(H,63,75)(H,64,78)(H,65,82)(H,66,80)(H,67,79)(H,68,83)(H,69,81)(H,70,84)/b41-14+/t36-,37-,39-,40+,42-,43-,44-,45+,46+,47-,50+,51-/m0/s1. The Kier molecular flexibility index (Phi) is 31.3. The van der Waals surface area contributed by atoms with Crippen molar-refractivity contribution in [3.05, 3.63) is 47.7 Å². The zero-order valence-electron chi connectivity index (χ0n) is 51.3. The highest BCUT2D eigenvalue weighted by Gasteiger charge is 2.42. The maximum Gasteiger partial charge on any atom is 0.270 e. The average molecular weight is 1200 g/mol. The van der Waals surface area contributed by atoms with Gasteiger partial charge in [0.1, 0.15) is 54.0 Å². The normalized spacial score (nSPS) is 27.0. The number of aliphatic hydroxyl groups is 3. The summed E-state index contributed by atoms with van der Waals surface area (Å²) in [5.41, 5.74) is 0.241. The van der Waals surface area contributed by atoms with Crippen molar-refractivity contribution < 1.29 is 68.1 Å². The molecule has 0 unspecified atom stereocenters. The van der Waals surface area contributed by atoms with Gasteiger partial charge in [-0.1, -0.05) is 131 Å². The molecule has 2 saturated heterocycles. The summed E-state index contributed by atoms with van der Waals surface area (Å²) in [7, 11) is 0. The molecule has 3 rings (SSSR count). The van der Waals surface area contributed by atoms with Crippen LogP contribution in [0, 0.1) is 23.7 Å². The molecule has 0 saturated carbocycles. The average Bonchev–Trinajstić information content (AvgIpc) is 3.93. The molecule has 13 N–H and O–H groups in total. The molecule has 2 heterocycles. The Balaban J connectivity index is 2.17. The minimum Gasteiger partial charge on any atom is -0.396 e. The van der Waals surface area contributed by atoms with Gasteiger partial charge < -0.3 is 73.4 Å². The summed E-state index contributed by atoms with van der Waals surface area (Å²) in [6.45, 7) is 15.7. The van der Waals surface area contributed by atoms with Crippen molar-refractivity contribution in [2.75, 3.05) is 26.3 Å². The van der Waals surface area contributed by atoms with E-state index in [2.05, 4.69) is 53.2 Å². The van der Waals surface area contributed by atoms with Gasteiger partial charge in [0.15, 0.2) is 0 Å². The van der Waals surface area contributed by atoms with Crippen LogP contribution in [-0.2, 0) is 59.2 Å². The van der Waals surface area contributed by atoms with Crippen LogP contribution in [0.4, 0.5) is 0 Å². The number of unbranched alkanes of at least 4 members (excludes halogenated alkanes) is 2. The number of fused-ring (bicyclic) bond motifs is 1. The van der Waals surface area contributed by atoms with Crippen molar-refractivity contribution >= 4 is 65.0 Å². The molecule has 1 aromatic rings. The van der Waals surface area contributed by atoms with E-state index in [0.717, 1.165) is 17.7 Å². The second-order valence-electron chi connectivity index (χ2n) is 23.3. The van der Waals surface area contributed by atoms with E-state index in [0.29, 0.717) is 31.2 Å². The summed E-state index contributed by atoms with van der Waals surface area (Å²) in [6.07, 6.45) is 2.09. The Morgan fingerprint density at radius 2 is 1.07 bits per heavy atom. The first-order chi connectivity index (χ1) is 40.3. The van der Waals surface area contributed by atoms with E-state index in [-0.39, 0.29) is 69.0 Å². The summed E-state index contributed by atoms with van der Waals surface area (Å²) in [6, 6.07) is -2.83. The molecule has 1 aromatic carbocycles. The van der Waals surface area contributed by atoms with E-state index in [4.69, 9.17) is 0 Å². The summed E-state index contributed by atoms with van der Waals surface area (Å²) in [4.78, 5) is 157. The van der Waals surface area contributed by atoms with Crippen LogP contribution in [-0.4, -0.2) is 172 Å². The molecule has 2 aliphatic heterocycles. The Morgan fingerprint density at radius 1 is 0.565 bits per heavy atom. The van der Waals surface area contributed by atoms with E-state index >= 15 is 0 Å². The monoisotopic (exact) mass is 1200 g/mol. The number of hydrogen-bond donors (Lipinski definition) is 13. The van der Waals surface area contributed by atoms with Crippen molar-refractivity contribution in [1.82, 2.24) is 58.1 Å². The Bertz CT molecular complexity index is 2440. The predicted molar refractivity (Wildman–Crippen MR) is 317 cm³/mol. The third kappa shape index (κ3) is 23.8. The van der Waals surface area contributed by atoms with Crippen molar-refractivity contribution in [2.45, 2.75) is 213 Å². The van der Waals surface area contributed by atoms with Crippen LogP contribution in [0.25, 0.3) is 0 Å². The number of rotatable bonds is 18. The molecule has 0 spiro atoms.